The van der Waals surface area contributed by atoms with E-state index in [-0.39, 0.29) is 24.2 Å². The molecule has 1 heterocycles. The summed E-state index contributed by atoms with van der Waals surface area (Å²) in [6.45, 7) is 0.649. The quantitative estimate of drug-likeness (QED) is 0.806. The number of benzene rings is 2. The van der Waals surface area contributed by atoms with Gasteiger partial charge in [0.2, 0.25) is 11.8 Å². The molecule has 2 aromatic carbocycles. The molecule has 1 fully saturated rings. The minimum atomic E-state index is -0.721. The van der Waals surface area contributed by atoms with Crippen LogP contribution in [0.25, 0.3) is 0 Å². The second-order valence-electron chi connectivity index (χ2n) is 7.28. The molecule has 7 heteroatoms. The fourth-order valence-corrected chi connectivity index (χ4v) is 3.39. The third-order valence-corrected chi connectivity index (χ3v) is 5.27. The normalized spacial score (nSPS) is 16.0. The van der Waals surface area contributed by atoms with Gasteiger partial charge in [-0.15, -0.1) is 12.4 Å². The van der Waals surface area contributed by atoms with Crippen molar-refractivity contribution in [3.63, 3.8) is 0 Å². The summed E-state index contributed by atoms with van der Waals surface area (Å²) in [6, 6.07) is 13.3. The van der Waals surface area contributed by atoms with Crippen LogP contribution in [0.1, 0.15) is 24.0 Å². The fraction of sp³-hybridized carbons (Fsp3) is 0.333. The molecule has 28 heavy (non-hydrogen) atoms. The number of carbonyl (C=O) groups is 2. The molecule has 0 radical (unpaired) electrons. The highest BCUT2D eigenvalue weighted by atomic mass is 35.5. The minimum Gasteiger partial charge on any atom is -0.497 e. The van der Waals surface area contributed by atoms with E-state index in [9.17, 15) is 9.59 Å². The summed E-state index contributed by atoms with van der Waals surface area (Å²) in [5, 5.41) is 2.88. The van der Waals surface area contributed by atoms with Crippen molar-refractivity contribution in [1.29, 1.82) is 0 Å². The lowest BCUT2D eigenvalue weighted by Crippen LogP contribution is -2.37. The Hall–Kier alpha value is -2.57. The zero-order chi connectivity index (χ0) is 19.0. The molecule has 4 rings (SSSR count). The molecule has 0 unspecified atom stereocenters. The van der Waals surface area contributed by atoms with Crippen molar-refractivity contribution >= 4 is 35.6 Å². The monoisotopic (exact) mass is 401 g/mol. The Labute approximate surface area is 170 Å². The zero-order valence-electron chi connectivity index (χ0n) is 15.7. The number of amides is 2. The number of halogens is 1. The molecular formula is C21H24ClN3O3. The van der Waals surface area contributed by atoms with Crippen LogP contribution in [0.4, 0.5) is 11.4 Å². The summed E-state index contributed by atoms with van der Waals surface area (Å²) in [6.07, 6.45) is 2.55. The SMILES string of the molecule is COc1cccc(CC(=O)N2CCc3ccc(NC(=O)C4(N)CC4)cc32)c1.Cl. The Kier molecular flexibility index (Phi) is 5.63. The molecule has 1 aliphatic carbocycles. The standard InChI is InChI=1S/C21H23N3O3.ClH/c1-27-17-4-2-3-14(11-17)12-19(25)24-10-7-15-5-6-16(13-18(15)24)23-20(26)21(22)8-9-21;/h2-6,11,13H,7-10,12,22H2,1H3,(H,23,26);1H. The van der Waals surface area contributed by atoms with Gasteiger partial charge in [0.25, 0.3) is 0 Å². The van der Waals surface area contributed by atoms with Gasteiger partial charge in [0.1, 0.15) is 5.75 Å². The number of methoxy groups -OCH3 is 1. The molecule has 0 spiro atoms. The van der Waals surface area contributed by atoms with Crippen LogP contribution in [-0.4, -0.2) is 31.0 Å². The number of carbonyl (C=O) groups excluding carboxylic acids is 2. The number of hydrogen-bond acceptors (Lipinski definition) is 4. The van der Waals surface area contributed by atoms with Crippen molar-refractivity contribution in [3.8, 4) is 5.75 Å². The lowest BCUT2D eigenvalue weighted by atomic mass is 10.1. The van der Waals surface area contributed by atoms with Gasteiger partial charge in [-0.25, -0.2) is 0 Å². The number of anilines is 2. The first-order chi connectivity index (χ1) is 13.0. The van der Waals surface area contributed by atoms with Crippen molar-refractivity contribution in [3.05, 3.63) is 53.6 Å². The van der Waals surface area contributed by atoms with Crippen molar-refractivity contribution in [2.75, 3.05) is 23.9 Å². The maximum atomic E-state index is 12.9. The van der Waals surface area contributed by atoms with E-state index >= 15 is 0 Å². The number of fused-ring (bicyclic) bond motifs is 1. The maximum Gasteiger partial charge on any atom is 0.244 e. The van der Waals surface area contributed by atoms with Crippen LogP contribution in [0.15, 0.2) is 42.5 Å². The average molecular weight is 402 g/mol. The van der Waals surface area contributed by atoms with Gasteiger partial charge < -0.3 is 20.7 Å². The van der Waals surface area contributed by atoms with Gasteiger partial charge in [-0.2, -0.15) is 0 Å². The highest BCUT2D eigenvalue weighted by Crippen LogP contribution is 2.35. The topological polar surface area (TPSA) is 84.7 Å². The van der Waals surface area contributed by atoms with Gasteiger partial charge in [0, 0.05) is 17.9 Å². The summed E-state index contributed by atoms with van der Waals surface area (Å²) in [5.41, 5.74) is 8.79. The van der Waals surface area contributed by atoms with E-state index < -0.39 is 5.54 Å². The van der Waals surface area contributed by atoms with E-state index in [4.69, 9.17) is 10.5 Å². The largest absolute Gasteiger partial charge is 0.497 e. The van der Waals surface area contributed by atoms with Crippen LogP contribution in [0, 0.1) is 0 Å². The van der Waals surface area contributed by atoms with Crippen molar-refractivity contribution in [2.24, 2.45) is 5.73 Å². The van der Waals surface area contributed by atoms with E-state index in [0.717, 1.165) is 41.8 Å². The Bertz CT molecular complexity index is 912. The molecule has 2 aliphatic rings. The van der Waals surface area contributed by atoms with Crippen LogP contribution >= 0.6 is 12.4 Å². The molecular weight excluding hydrogens is 378 g/mol. The molecule has 1 saturated carbocycles. The highest BCUT2D eigenvalue weighted by Gasteiger charge is 2.46. The van der Waals surface area contributed by atoms with E-state index in [1.54, 1.807) is 12.0 Å². The Balaban J connectivity index is 0.00000225. The summed E-state index contributed by atoms with van der Waals surface area (Å²) >= 11 is 0. The van der Waals surface area contributed by atoms with E-state index in [1.807, 2.05) is 42.5 Å². The second-order valence-corrected chi connectivity index (χ2v) is 7.28. The molecule has 0 saturated heterocycles. The lowest BCUT2D eigenvalue weighted by molar-refractivity contribution is -0.118. The third-order valence-electron chi connectivity index (χ3n) is 5.27. The molecule has 3 N–H and O–H groups in total. The molecule has 0 aromatic heterocycles. The van der Waals surface area contributed by atoms with E-state index in [1.165, 1.54) is 0 Å². The van der Waals surface area contributed by atoms with Crippen LogP contribution in [-0.2, 0) is 22.4 Å². The van der Waals surface area contributed by atoms with Crippen LogP contribution < -0.4 is 20.7 Å². The molecule has 0 bridgehead atoms. The summed E-state index contributed by atoms with van der Waals surface area (Å²) in [7, 11) is 1.61. The van der Waals surface area contributed by atoms with Crippen molar-refractivity contribution < 1.29 is 14.3 Å². The Morgan fingerprint density at radius 2 is 2.00 bits per heavy atom. The molecule has 148 valence electrons. The van der Waals surface area contributed by atoms with Gasteiger partial charge in [-0.3, -0.25) is 9.59 Å². The first kappa shape index (κ1) is 20.2. The van der Waals surface area contributed by atoms with Crippen LogP contribution in [0.2, 0.25) is 0 Å². The number of rotatable bonds is 5. The van der Waals surface area contributed by atoms with Crippen molar-refractivity contribution in [2.45, 2.75) is 31.2 Å². The third kappa shape index (κ3) is 3.98. The fourth-order valence-electron chi connectivity index (χ4n) is 3.39. The van der Waals surface area contributed by atoms with Crippen molar-refractivity contribution in [1.82, 2.24) is 0 Å². The first-order valence-electron chi connectivity index (χ1n) is 9.15. The van der Waals surface area contributed by atoms with E-state index in [2.05, 4.69) is 5.32 Å². The predicted octanol–water partition coefficient (Wildman–Crippen LogP) is 2.68. The Morgan fingerprint density at radius 1 is 1.21 bits per heavy atom. The van der Waals surface area contributed by atoms with Gasteiger partial charge in [0.05, 0.1) is 19.1 Å². The number of ether oxygens (including phenoxy) is 1. The maximum absolute atomic E-state index is 12.9. The molecule has 0 atom stereocenters. The number of nitrogens with two attached hydrogens (primary N) is 1. The predicted molar refractivity (Wildman–Crippen MR) is 111 cm³/mol. The van der Waals surface area contributed by atoms with E-state index in [0.29, 0.717) is 18.7 Å². The smallest absolute Gasteiger partial charge is 0.244 e. The zero-order valence-corrected chi connectivity index (χ0v) is 16.6. The van der Waals surface area contributed by atoms with Crippen LogP contribution in [0.5, 0.6) is 5.75 Å². The summed E-state index contributed by atoms with van der Waals surface area (Å²) < 4.78 is 5.23. The van der Waals surface area contributed by atoms with Gasteiger partial charge >= 0.3 is 0 Å². The van der Waals surface area contributed by atoms with Crippen LogP contribution in [0.3, 0.4) is 0 Å². The summed E-state index contributed by atoms with van der Waals surface area (Å²) in [4.78, 5) is 26.8. The van der Waals surface area contributed by atoms with Gasteiger partial charge in [0.15, 0.2) is 0 Å². The molecule has 1 aliphatic heterocycles. The summed E-state index contributed by atoms with van der Waals surface area (Å²) in [5.74, 6) is 0.612. The molecule has 2 amide bonds. The minimum absolute atomic E-state index is 0. The Morgan fingerprint density at radius 3 is 2.71 bits per heavy atom. The number of hydrogen-bond donors (Lipinski definition) is 2. The first-order valence-corrected chi connectivity index (χ1v) is 9.15. The molecule has 2 aromatic rings. The highest BCUT2D eigenvalue weighted by molar-refractivity contribution is 6.02. The molecule has 6 nitrogen and oxygen atoms in total. The number of nitrogens with one attached hydrogen (secondary N) is 1. The number of nitrogens with zero attached hydrogens (tertiary/aromatic N) is 1. The lowest BCUT2D eigenvalue weighted by Gasteiger charge is -2.19. The average Bonchev–Trinajstić information content (AvgIpc) is 3.28. The van der Waals surface area contributed by atoms with Gasteiger partial charge in [-0.05, 0) is 54.7 Å². The second kappa shape index (κ2) is 7.81. The van der Waals surface area contributed by atoms with Gasteiger partial charge in [-0.1, -0.05) is 18.2 Å².